The average molecular weight is 626 g/mol. The van der Waals surface area contributed by atoms with Crippen LogP contribution in [0.25, 0.3) is 0 Å². The molecule has 2 fully saturated rings. The minimum absolute atomic E-state index is 0. The van der Waals surface area contributed by atoms with E-state index in [1.54, 1.807) is 31.3 Å². The summed E-state index contributed by atoms with van der Waals surface area (Å²) in [6.07, 6.45) is 4.88. The van der Waals surface area contributed by atoms with Gasteiger partial charge in [0.25, 0.3) is 0 Å². The van der Waals surface area contributed by atoms with Crippen LogP contribution in [0.5, 0.6) is 0 Å². The van der Waals surface area contributed by atoms with Crippen molar-refractivity contribution in [1.82, 2.24) is 14.1 Å². The van der Waals surface area contributed by atoms with Gasteiger partial charge in [-0.1, -0.05) is 78.9 Å². The van der Waals surface area contributed by atoms with Crippen molar-refractivity contribution in [2.24, 2.45) is 5.92 Å². The molecule has 3 aromatic carbocycles. The first-order valence-electron chi connectivity index (χ1n) is 15.2. The molecule has 9 heteroatoms. The van der Waals surface area contributed by atoms with Crippen molar-refractivity contribution in [3.63, 3.8) is 0 Å². The van der Waals surface area contributed by atoms with E-state index in [1.807, 2.05) is 59.5 Å². The summed E-state index contributed by atoms with van der Waals surface area (Å²) in [5.41, 5.74) is 2.15. The lowest BCUT2D eigenvalue weighted by atomic mass is 9.94. The first-order chi connectivity index (χ1) is 20.4. The number of amides is 1. The Kier molecular flexibility index (Phi) is 12.1. The first-order valence-corrected chi connectivity index (χ1v) is 16.6. The van der Waals surface area contributed by atoms with Gasteiger partial charge >= 0.3 is 6.09 Å². The second-order valence-electron chi connectivity index (χ2n) is 11.7. The lowest BCUT2D eigenvalue weighted by molar-refractivity contribution is 0.0580. The number of carbonyl (C=O) groups is 1. The third kappa shape index (κ3) is 9.29. The maximum atomic E-state index is 13.2. The molecule has 0 bridgehead atoms. The SMILES string of the molecule is CN(C[C@@H](CCN1CCC(N(CC2CC2)C(=O)OCc2ccccc2)CC1)c1ccccc1)S(=O)(=O)c1ccccc1.Cl. The second kappa shape index (κ2) is 15.7. The number of hydrogen-bond acceptors (Lipinski definition) is 5. The minimum atomic E-state index is -3.57. The fourth-order valence-corrected chi connectivity index (χ4v) is 7.05. The molecular weight excluding hydrogens is 582 g/mol. The molecule has 1 amide bonds. The van der Waals surface area contributed by atoms with Crippen LogP contribution in [0.3, 0.4) is 0 Å². The van der Waals surface area contributed by atoms with E-state index in [2.05, 4.69) is 17.0 Å². The Bertz CT molecular complexity index is 1370. The molecule has 1 aliphatic carbocycles. The van der Waals surface area contributed by atoms with Crippen molar-refractivity contribution in [2.45, 2.75) is 55.6 Å². The minimum Gasteiger partial charge on any atom is -0.445 e. The van der Waals surface area contributed by atoms with E-state index in [0.29, 0.717) is 24.0 Å². The predicted octanol–water partition coefficient (Wildman–Crippen LogP) is 6.42. The molecule has 0 aromatic heterocycles. The third-order valence-electron chi connectivity index (χ3n) is 8.58. The summed E-state index contributed by atoms with van der Waals surface area (Å²) in [5.74, 6) is 0.676. The van der Waals surface area contributed by atoms with Crippen molar-refractivity contribution < 1.29 is 17.9 Å². The van der Waals surface area contributed by atoms with Gasteiger partial charge in [-0.2, -0.15) is 0 Å². The Hall–Kier alpha value is -2.91. The summed E-state index contributed by atoms with van der Waals surface area (Å²) < 4.78 is 33.7. The summed E-state index contributed by atoms with van der Waals surface area (Å²) in [7, 11) is -1.89. The predicted molar refractivity (Wildman–Crippen MR) is 173 cm³/mol. The average Bonchev–Trinajstić information content (AvgIpc) is 3.86. The molecule has 1 saturated carbocycles. The van der Waals surface area contributed by atoms with E-state index >= 15 is 0 Å². The van der Waals surface area contributed by atoms with E-state index in [1.165, 1.54) is 17.1 Å². The molecule has 2 aliphatic rings. The number of benzene rings is 3. The molecule has 1 aliphatic heterocycles. The van der Waals surface area contributed by atoms with Crippen LogP contribution in [0, 0.1) is 5.92 Å². The van der Waals surface area contributed by atoms with Gasteiger partial charge in [-0.25, -0.2) is 17.5 Å². The number of ether oxygens (including phenoxy) is 1. The van der Waals surface area contributed by atoms with Crippen molar-refractivity contribution in [3.05, 3.63) is 102 Å². The lowest BCUT2D eigenvalue weighted by Crippen LogP contribution is -2.48. The number of nitrogens with zero attached hydrogens (tertiary/aromatic N) is 3. The van der Waals surface area contributed by atoms with Gasteiger partial charge in [0, 0.05) is 39.3 Å². The van der Waals surface area contributed by atoms with E-state index < -0.39 is 10.0 Å². The number of piperidine rings is 1. The highest BCUT2D eigenvalue weighted by Crippen LogP contribution is 2.32. The Morgan fingerprint density at radius 1 is 0.884 bits per heavy atom. The van der Waals surface area contributed by atoms with Crippen molar-refractivity contribution in [3.8, 4) is 0 Å². The van der Waals surface area contributed by atoms with Gasteiger partial charge in [-0.05, 0) is 73.7 Å². The fourth-order valence-electron chi connectivity index (χ4n) is 5.82. The molecule has 0 spiro atoms. The van der Waals surface area contributed by atoms with Crippen LogP contribution in [-0.2, 0) is 21.4 Å². The van der Waals surface area contributed by atoms with Gasteiger partial charge in [-0.3, -0.25) is 0 Å². The summed E-state index contributed by atoms with van der Waals surface area (Å²) in [6.45, 7) is 4.22. The fraction of sp³-hybridized carbons (Fsp3) is 0.441. The van der Waals surface area contributed by atoms with Gasteiger partial charge in [0.1, 0.15) is 6.61 Å². The number of rotatable bonds is 13. The highest BCUT2D eigenvalue weighted by atomic mass is 35.5. The Balaban J connectivity index is 0.00000423. The molecule has 7 nitrogen and oxygen atoms in total. The molecular formula is C34H44ClN3O4S. The van der Waals surface area contributed by atoms with Crippen molar-refractivity contribution >= 4 is 28.5 Å². The van der Waals surface area contributed by atoms with E-state index in [0.717, 1.165) is 56.6 Å². The van der Waals surface area contributed by atoms with Gasteiger partial charge in [-0.15, -0.1) is 12.4 Å². The van der Waals surface area contributed by atoms with Crippen LogP contribution in [0.15, 0.2) is 95.9 Å². The largest absolute Gasteiger partial charge is 0.445 e. The lowest BCUT2D eigenvalue weighted by Gasteiger charge is -2.38. The van der Waals surface area contributed by atoms with Gasteiger partial charge in [0.05, 0.1) is 4.90 Å². The molecule has 5 rings (SSSR count). The molecule has 0 unspecified atom stereocenters. The van der Waals surface area contributed by atoms with E-state index in [9.17, 15) is 13.2 Å². The van der Waals surface area contributed by atoms with Crippen LogP contribution in [0.2, 0.25) is 0 Å². The maximum absolute atomic E-state index is 13.2. The normalized spacial score (nSPS) is 16.8. The van der Waals surface area contributed by atoms with Crippen molar-refractivity contribution in [2.75, 3.05) is 39.8 Å². The zero-order chi connectivity index (χ0) is 29.4. The molecule has 0 radical (unpaired) electrons. The molecule has 43 heavy (non-hydrogen) atoms. The molecule has 1 saturated heterocycles. The molecule has 0 N–H and O–H groups in total. The van der Waals surface area contributed by atoms with Crippen LogP contribution in [0.4, 0.5) is 4.79 Å². The summed E-state index contributed by atoms with van der Waals surface area (Å²) in [4.78, 5) is 17.9. The smallest absolute Gasteiger partial charge is 0.410 e. The highest BCUT2D eigenvalue weighted by Gasteiger charge is 2.34. The Labute approximate surface area is 263 Å². The topological polar surface area (TPSA) is 70.2 Å². The number of halogens is 1. The molecule has 1 heterocycles. The van der Waals surface area contributed by atoms with Crippen LogP contribution < -0.4 is 0 Å². The summed E-state index contributed by atoms with van der Waals surface area (Å²) in [5, 5.41) is 0. The Morgan fingerprint density at radius 2 is 1.47 bits per heavy atom. The van der Waals surface area contributed by atoms with Crippen LogP contribution in [-0.4, -0.2) is 74.4 Å². The number of sulfonamides is 1. The van der Waals surface area contributed by atoms with Gasteiger partial charge in [0.2, 0.25) is 10.0 Å². The molecule has 232 valence electrons. The van der Waals surface area contributed by atoms with E-state index in [-0.39, 0.29) is 30.5 Å². The van der Waals surface area contributed by atoms with Crippen LogP contribution in [0.1, 0.15) is 49.1 Å². The maximum Gasteiger partial charge on any atom is 0.410 e. The quantitative estimate of drug-likeness (QED) is 0.219. The summed E-state index contributed by atoms with van der Waals surface area (Å²) >= 11 is 0. The number of likely N-dealkylation sites (N-methyl/N-ethyl adjacent to an activating group) is 1. The zero-order valence-electron chi connectivity index (χ0n) is 25.0. The van der Waals surface area contributed by atoms with Crippen molar-refractivity contribution in [1.29, 1.82) is 0 Å². The molecule has 3 aromatic rings. The van der Waals surface area contributed by atoms with Gasteiger partial charge in [0.15, 0.2) is 0 Å². The third-order valence-corrected chi connectivity index (χ3v) is 10.4. The number of hydrogen-bond donors (Lipinski definition) is 0. The van der Waals surface area contributed by atoms with Crippen LogP contribution >= 0.6 is 12.4 Å². The monoisotopic (exact) mass is 625 g/mol. The standard InChI is InChI=1S/C34H43N3O4S.ClH/c1-35(42(39,40)33-15-9-4-10-16-33)26-31(30-13-7-3-8-14-30)19-22-36-23-20-32(21-24-36)37(25-28-17-18-28)34(38)41-27-29-11-5-2-6-12-29;/h2-16,28,31-32H,17-27H2,1H3;1H/t31-;/m1./s1. The van der Waals surface area contributed by atoms with Gasteiger partial charge < -0.3 is 14.5 Å². The van der Waals surface area contributed by atoms with E-state index in [4.69, 9.17) is 4.74 Å². The zero-order valence-corrected chi connectivity index (χ0v) is 26.6. The first kappa shape index (κ1) is 33.0. The highest BCUT2D eigenvalue weighted by molar-refractivity contribution is 7.89. The Morgan fingerprint density at radius 3 is 2.07 bits per heavy atom. The number of carbonyl (C=O) groups excluding carboxylic acids is 1. The second-order valence-corrected chi connectivity index (χ2v) is 13.7. The number of likely N-dealkylation sites (tertiary alicyclic amines) is 1. The summed E-state index contributed by atoms with van der Waals surface area (Å²) in [6, 6.07) is 28.9. The molecule has 1 atom stereocenters.